The van der Waals surface area contributed by atoms with Gasteiger partial charge in [-0.05, 0) is 36.9 Å². The molecular formula is C17H27N3O. The van der Waals surface area contributed by atoms with Gasteiger partial charge in [-0.3, -0.25) is 9.69 Å². The number of carbonyl (C=O) groups excluding carboxylic acids is 1. The third-order valence-electron chi connectivity index (χ3n) is 4.04. The molecule has 0 bridgehead atoms. The van der Waals surface area contributed by atoms with E-state index in [1.54, 1.807) is 0 Å². The summed E-state index contributed by atoms with van der Waals surface area (Å²) >= 11 is 0. The molecular weight excluding hydrogens is 262 g/mol. The van der Waals surface area contributed by atoms with Crippen molar-refractivity contribution < 1.29 is 4.79 Å². The maximum atomic E-state index is 11.5. The average Bonchev–Trinajstić information content (AvgIpc) is 2.64. The average molecular weight is 289 g/mol. The van der Waals surface area contributed by atoms with Gasteiger partial charge in [-0.2, -0.15) is 0 Å². The Labute approximate surface area is 127 Å². The zero-order valence-electron chi connectivity index (χ0n) is 13.1. The van der Waals surface area contributed by atoms with Crippen molar-refractivity contribution in [1.82, 2.24) is 10.2 Å². The largest absolute Gasteiger partial charge is 0.368 e. The van der Waals surface area contributed by atoms with E-state index < -0.39 is 0 Å². The molecule has 0 saturated heterocycles. The van der Waals surface area contributed by atoms with Gasteiger partial charge >= 0.3 is 0 Å². The Morgan fingerprint density at radius 1 is 1.33 bits per heavy atom. The van der Waals surface area contributed by atoms with E-state index >= 15 is 0 Å². The van der Waals surface area contributed by atoms with Crippen LogP contribution < -0.4 is 11.1 Å². The van der Waals surface area contributed by atoms with Crippen LogP contribution in [-0.4, -0.2) is 36.0 Å². The number of benzene rings is 1. The Morgan fingerprint density at radius 2 is 2.05 bits per heavy atom. The van der Waals surface area contributed by atoms with Gasteiger partial charge in [-0.25, -0.2) is 0 Å². The van der Waals surface area contributed by atoms with Crippen molar-refractivity contribution in [1.29, 1.82) is 0 Å². The minimum atomic E-state index is -0.251. The molecule has 3 N–H and O–H groups in total. The first-order chi connectivity index (χ1) is 10.1. The first kappa shape index (κ1) is 16.0. The van der Waals surface area contributed by atoms with E-state index in [-0.39, 0.29) is 18.0 Å². The normalized spacial score (nSPS) is 17.3. The lowest BCUT2D eigenvalue weighted by Gasteiger charge is -2.24. The molecule has 1 aromatic rings. The van der Waals surface area contributed by atoms with Crippen LogP contribution in [0.15, 0.2) is 24.3 Å². The smallest absolute Gasteiger partial charge is 0.234 e. The first-order valence-electron chi connectivity index (χ1n) is 7.90. The fourth-order valence-electron chi connectivity index (χ4n) is 2.98. The number of fused-ring (bicyclic) bond motifs is 1. The molecule has 116 valence electrons. The predicted molar refractivity (Wildman–Crippen MR) is 85.9 cm³/mol. The molecule has 0 saturated carbocycles. The summed E-state index contributed by atoms with van der Waals surface area (Å²) in [6, 6.07) is 8.70. The fourth-order valence-corrected chi connectivity index (χ4v) is 2.98. The van der Waals surface area contributed by atoms with Crippen LogP contribution in [0, 0.1) is 0 Å². The molecule has 1 heterocycles. The van der Waals surface area contributed by atoms with Crippen LogP contribution in [0.3, 0.4) is 0 Å². The fraction of sp³-hybridized carbons (Fsp3) is 0.588. The predicted octanol–water partition coefficient (Wildman–Crippen LogP) is 1.68. The maximum Gasteiger partial charge on any atom is 0.234 e. The zero-order valence-corrected chi connectivity index (χ0v) is 13.1. The van der Waals surface area contributed by atoms with Crippen molar-refractivity contribution in [2.24, 2.45) is 5.73 Å². The maximum absolute atomic E-state index is 11.5. The van der Waals surface area contributed by atoms with Crippen LogP contribution in [0.2, 0.25) is 0 Å². The summed E-state index contributed by atoms with van der Waals surface area (Å²) in [5, 5.41) is 3.25. The molecule has 1 aliphatic rings. The van der Waals surface area contributed by atoms with E-state index in [1.165, 1.54) is 17.5 Å². The van der Waals surface area contributed by atoms with Crippen LogP contribution in [0.5, 0.6) is 0 Å². The van der Waals surface area contributed by atoms with E-state index in [4.69, 9.17) is 5.73 Å². The minimum Gasteiger partial charge on any atom is -0.368 e. The van der Waals surface area contributed by atoms with E-state index in [1.807, 2.05) is 13.8 Å². The molecule has 0 aliphatic carbocycles. The van der Waals surface area contributed by atoms with Crippen molar-refractivity contribution in [3.05, 3.63) is 35.4 Å². The Morgan fingerprint density at radius 3 is 2.71 bits per heavy atom. The highest BCUT2D eigenvalue weighted by Crippen LogP contribution is 2.18. The summed E-state index contributed by atoms with van der Waals surface area (Å²) in [4.78, 5) is 13.9. The van der Waals surface area contributed by atoms with Gasteiger partial charge in [0.15, 0.2) is 0 Å². The number of rotatable bonds is 6. The second kappa shape index (κ2) is 7.57. The van der Waals surface area contributed by atoms with E-state index in [0.717, 1.165) is 32.5 Å². The number of nitrogens with two attached hydrogens (primary N) is 1. The molecule has 0 spiro atoms. The van der Waals surface area contributed by atoms with Crippen molar-refractivity contribution in [3.8, 4) is 0 Å². The highest BCUT2D eigenvalue weighted by Gasteiger charge is 2.19. The molecule has 4 heteroatoms. The molecule has 1 atom stereocenters. The summed E-state index contributed by atoms with van der Waals surface area (Å²) in [6.45, 7) is 7.04. The molecule has 0 aromatic heterocycles. The number of primary amides is 1. The number of carbonyl (C=O) groups is 1. The van der Waals surface area contributed by atoms with Gasteiger partial charge in [0.2, 0.25) is 5.91 Å². The molecule has 1 aliphatic heterocycles. The third-order valence-corrected chi connectivity index (χ3v) is 4.04. The van der Waals surface area contributed by atoms with Crippen LogP contribution in [0.25, 0.3) is 0 Å². The van der Waals surface area contributed by atoms with Gasteiger partial charge in [0.1, 0.15) is 0 Å². The summed E-state index contributed by atoms with van der Waals surface area (Å²) in [5.74, 6) is -0.251. The highest BCUT2D eigenvalue weighted by atomic mass is 16.1. The van der Waals surface area contributed by atoms with Crippen LogP contribution in [0.4, 0.5) is 0 Å². The van der Waals surface area contributed by atoms with Gasteiger partial charge in [-0.15, -0.1) is 0 Å². The van der Waals surface area contributed by atoms with Gasteiger partial charge in [0, 0.05) is 19.1 Å². The molecule has 21 heavy (non-hydrogen) atoms. The Kier molecular flexibility index (Phi) is 5.76. The van der Waals surface area contributed by atoms with Crippen LogP contribution in [0.1, 0.15) is 37.8 Å². The molecule has 1 unspecified atom stereocenters. The van der Waals surface area contributed by atoms with E-state index in [9.17, 15) is 4.79 Å². The number of nitrogens with zero attached hydrogens (tertiary/aromatic N) is 1. The monoisotopic (exact) mass is 289 g/mol. The lowest BCUT2D eigenvalue weighted by atomic mass is 10.0. The van der Waals surface area contributed by atoms with Crippen LogP contribution in [-0.2, 0) is 17.8 Å². The Balaban J connectivity index is 1.92. The Bertz CT molecular complexity index is 473. The van der Waals surface area contributed by atoms with Gasteiger partial charge in [-0.1, -0.05) is 38.1 Å². The quantitative estimate of drug-likeness (QED) is 0.837. The number of hydrogen-bond acceptors (Lipinski definition) is 3. The molecule has 1 amide bonds. The third kappa shape index (κ3) is 4.83. The minimum absolute atomic E-state index is 0.233. The number of nitrogens with one attached hydrogen (secondary N) is 1. The van der Waals surface area contributed by atoms with Gasteiger partial charge in [0.05, 0.1) is 6.04 Å². The van der Waals surface area contributed by atoms with Gasteiger partial charge in [0.25, 0.3) is 0 Å². The summed E-state index contributed by atoms with van der Waals surface area (Å²) in [7, 11) is 0. The molecule has 0 fully saturated rings. The lowest BCUT2D eigenvalue weighted by molar-refractivity contribution is -0.120. The topological polar surface area (TPSA) is 58.4 Å². The van der Waals surface area contributed by atoms with Crippen molar-refractivity contribution >= 4 is 5.91 Å². The first-order valence-corrected chi connectivity index (χ1v) is 7.90. The van der Waals surface area contributed by atoms with E-state index in [0.29, 0.717) is 0 Å². The van der Waals surface area contributed by atoms with Crippen molar-refractivity contribution in [3.63, 3.8) is 0 Å². The van der Waals surface area contributed by atoms with Gasteiger partial charge < -0.3 is 11.1 Å². The molecule has 1 aromatic carbocycles. The number of hydrogen-bond donors (Lipinski definition) is 2. The summed E-state index contributed by atoms with van der Waals surface area (Å²) in [5.41, 5.74) is 8.37. The SMILES string of the molecule is CC(C)NC(CCN1CCCc2ccccc2C1)C(N)=O. The zero-order chi connectivity index (χ0) is 15.2. The second-order valence-corrected chi connectivity index (χ2v) is 6.21. The van der Waals surface area contributed by atoms with E-state index in [2.05, 4.69) is 34.5 Å². The molecule has 2 rings (SSSR count). The van der Waals surface area contributed by atoms with Crippen LogP contribution >= 0.6 is 0 Å². The second-order valence-electron chi connectivity index (χ2n) is 6.21. The number of amides is 1. The standard InChI is InChI=1S/C17H27N3O/c1-13(2)19-16(17(18)21)9-11-20-10-5-8-14-6-3-4-7-15(14)12-20/h3-4,6-7,13,16,19H,5,8-12H2,1-2H3,(H2,18,21). The number of aryl methyl sites for hydroxylation is 1. The van der Waals surface area contributed by atoms with Crippen molar-refractivity contribution in [2.75, 3.05) is 13.1 Å². The molecule has 0 radical (unpaired) electrons. The lowest BCUT2D eigenvalue weighted by Crippen LogP contribution is -2.46. The summed E-state index contributed by atoms with van der Waals surface area (Å²) < 4.78 is 0. The van der Waals surface area contributed by atoms with Crippen molar-refractivity contribution in [2.45, 2.75) is 51.7 Å². The molecule has 4 nitrogen and oxygen atoms in total. The Hall–Kier alpha value is -1.39. The highest BCUT2D eigenvalue weighted by molar-refractivity contribution is 5.79. The summed E-state index contributed by atoms with van der Waals surface area (Å²) in [6.07, 6.45) is 3.10.